The van der Waals surface area contributed by atoms with Crippen LogP contribution in [0.4, 0.5) is 0 Å². The summed E-state index contributed by atoms with van der Waals surface area (Å²) in [7, 11) is 1.39. The molecule has 0 aliphatic heterocycles. The average molecular weight is 272 g/mol. The normalized spacial score (nSPS) is 10.6. The molecule has 1 N–H and O–H groups in total. The topological polar surface area (TPSA) is 58.9 Å². The molecular weight excluding hydrogens is 254 g/mol. The predicted molar refractivity (Wildman–Crippen MR) is 72.3 cm³/mol. The highest BCUT2D eigenvalue weighted by molar-refractivity contribution is 6.31. The molecule has 1 aromatic rings. The number of hydrogen-bond donors (Lipinski definition) is 1. The van der Waals surface area contributed by atoms with Crippen LogP contribution < -0.4 is 0 Å². The lowest BCUT2D eigenvalue weighted by Crippen LogP contribution is -2.07. The fourth-order valence-electron chi connectivity index (χ4n) is 1.03. The molecule has 5 heteroatoms. The quantitative estimate of drug-likeness (QED) is 0.302. The summed E-state index contributed by atoms with van der Waals surface area (Å²) in [6.07, 6.45) is 0. The third-order valence-corrected chi connectivity index (χ3v) is 2.28. The minimum absolute atomic E-state index is 0.00463. The van der Waals surface area contributed by atoms with Crippen molar-refractivity contribution in [3.05, 3.63) is 35.9 Å². The molecule has 0 aromatic heterocycles. The maximum Gasteiger partial charge on any atom is 0.308 e. The molecule has 0 fully saturated rings. The molecule has 0 heterocycles. The van der Waals surface area contributed by atoms with Gasteiger partial charge in [-0.2, -0.15) is 0 Å². The van der Waals surface area contributed by atoms with Gasteiger partial charge in [0.15, 0.2) is 0 Å². The number of esters is 1. The van der Waals surface area contributed by atoms with E-state index in [-0.39, 0.29) is 17.8 Å². The highest BCUT2D eigenvalue weighted by atomic mass is 35.5. The summed E-state index contributed by atoms with van der Waals surface area (Å²) in [5.74, 6) is 0.0746. The van der Waals surface area contributed by atoms with Crippen molar-refractivity contribution in [1.82, 2.24) is 0 Å². The van der Waals surface area contributed by atoms with E-state index in [1.54, 1.807) is 13.8 Å². The SMILES string of the molecule is COC(=O)C(C)C.ON=C(CCl)c1ccccc1. The molecule has 0 bridgehead atoms. The van der Waals surface area contributed by atoms with E-state index >= 15 is 0 Å². The molecule has 4 nitrogen and oxygen atoms in total. The van der Waals surface area contributed by atoms with Crippen molar-refractivity contribution < 1.29 is 14.7 Å². The fourth-order valence-corrected chi connectivity index (χ4v) is 1.24. The van der Waals surface area contributed by atoms with Crippen LogP contribution in [0.2, 0.25) is 0 Å². The molecule has 0 saturated heterocycles. The molecule has 0 aliphatic carbocycles. The third-order valence-electron chi connectivity index (χ3n) is 2.03. The Bertz CT molecular complexity index is 377. The van der Waals surface area contributed by atoms with Gasteiger partial charge in [0.05, 0.1) is 18.9 Å². The lowest BCUT2D eigenvalue weighted by Gasteiger charge is -1.97. The van der Waals surface area contributed by atoms with E-state index in [0.717, 1.165) is 5.56 Å². The van der Waals surface area contributed by atoms with E-state index in [2.05, 4.69) is 9.89 Å². The molecule has 0 radical (unpaired) electrons. The highest BCUT2D eigenvalue weighted by Gasteiger charge is 2.03. The molecule has 1 rings (SSSR count). The number of ether oxygens (including phenoxy) is 1. The first kappa shape index (κ1) is 16.4. The molecule has 1 aromatic carbocycles. The van der Waals surface area contributed by atoms with Gasteiger partial charge in [-0.3, -0.25) is 4.79 Å². The first-order chi connectivity index (χ1) is 8.56. The number of benzene rings is 1. The van der Waals surface area contributed by atoms with Crippen molar-refractivity contribution in [3.63, 3.8) is 0 Å². The van der Waals surface area contributed by atoms with Crippen molar-refractivity contribution in [2.75, 3.05) is 13.0 Å². The Kier molecular flexibility index (Phi) is 8.66. The van der Waals surface area contributed by atoms with Gasteiger partial charge < -0.3 is 9.94 Å². The molecule has 0 unspecified atom stereocenters. The van der Waals surface area contributed by atoms with Crippen LogP contribution in [0.5, 0.6) is 0 Å². The van der Waals surface area contributed by atoms with E-state index < -0.39 is 0 Å². The maximum atomic E-state index is 10.3. The Morgan fingerprint density at radius 3 is 2.22 bits per heavy atom. The Hall–Kier alpha value is -1.55. The Morgan fingerprint density at radius 2 is 1.94 bits per heavy atom. The smallest absolute Gasteiger partial charge is 0.308 e. The zero-order valence-corrected chi connectivity index (χ0v) is 11.5. The number of halogens is 1. The lowest BCUT2D eigenvalue weighted by atomic mass is 10.1. The zero-order valence-electron chi connectivity index (χ0n) is 10.8. The minimum atomic E-state index is -0.153. The predicted octanol–water partition coefficient (Wildman–Crippen LogP) is 2.92. The molecule has 0 aliphatic rings. The van der Waals surface area contributed by atoms with Crippen molar-refractivity contribution in [2.24, 2.45) is 11.1 Å². The summed E-state index contributed by atoms with van der Waals surface area (Å²) in [6, 6.07) is 9.32. The van der Waals surface area contributed by atoms with Crippen LogP contribution >= 0.6 is 11.6 Å². The van der Waals surface area contributed by atoms with Crippen LogP contribution in [0, 0.1) is 5.92 Å². The molecule has 0 spiro atoms. The number of carbonyl (C=O) groups is 1. The second kappa shape index (κ2) is 9.48. The second-order valence-electron chi connectivity index (χ2n) is 3.72. The maximum absolute atomic E-state index is 10.3. The number of nitrogens with zero attached hydrogens (tertiary/aromatic N) is 1. The van der Waals surface area contributed by atoms with Crippen molar-refractivity contribution in [2.45, 2.75) is 13.8 Å². The lowest BCUT2D eigenvalue weighted by molar-refractivity contribution is -0.144. The average Bonchev–Trinajstić information content (AvgIpc) is 2.41. The van der Waals surface area contributed by atoms with Gasteiger partial charge in [0.1, 0.15) is 5.71 Å². The summed E-state index contributed by atoms with van der Waals surface area (Å²) >= 11 is 5.51. The summed E-state index contributed by atoms with van der Waals surface area (Å²) in [5, 5.41) is 11.5. The van der Waals surface area contributed by atoms with Crippen LogP contribution in [-0.4, -0.2) is 29.9 Å². The van der Waals surface area contributed by atoms with Crippen molar-refractivity contribution in [1.29, 1.82) is 0 Å². The summed E-state index contributed by atoms with van der Waals surface area (Å²) < 4.78 is 4.37. The Labute approximate surface area is 112 Å². The highest BCUT2D eigenvalue weighted by Crippen LogP contribution is 2.01. The second-order valence-corrected chi connectivity index (χ2v) is 3.99. The number of carbonyl (C=O) groups excluding carboxylic acids is 1. The monoisotopic (exact) mass is 271 g/mol. The van der Waals surface area contributed by atoms with Gasteiger partial charge in [-0.15, -0.1) is 11.6 Å². The summed E-state index contributed by atoms with van der Waals surface area (Å²) in [4.78, 5) is 10.3. The number of methoxy groups -OCH3 is 1. The first-order valence-electron chi connectivity index (χ1n) is 5.46. The fraction of sp³-hybridized carbons (Fsp3) is 0.385. The van der Waals surface area contributed by atoms with E-state index in [1.807, 2.05) is 30.3 Å². The zero-order chi connectivity index (χ0) is 14.0. The molecule has 0 amide bonds. The van der Waals surface area contributed by atoms with Gasteiger partial charge in [0.25, 0.3) is 0 Å². The van der Waals surface area contributed by atoms with Gasteiger partial charge in [0, 0.05) is 5.56 Å². The standard InChI is InChI=1S/C8H8ClNO.C5H10O2/c9-6-8(10-11)7-4-2-1-3-5-7;1-4(2)5(6)7-3/h1-5,11H,6H2;4H,1-3H3. The number of alkyl halides is 1. The summed E-state index contributed by atoms with van der Waals surface area (Å²) in [6.45, 7) is 3.59. The Morgan fingerprint density at radius 1 is 1.39 bits per heavy atom. The first-order valence-corrected chi connectivity index (χ1v) is 6.00. The van der Waals surface area contributed by atoms with Crippen molar-refractivity contribution in [3.8, 4) is 0 Å². The van der Waals surface area contributed by atoms with Crippen LogP contribution in [0.3, 0.4) is 0 Å². The largest absolute Gasteiger partial charge is 0.469 e. The van der Waals surface area contributed by atoms with Gasteiger partial charge in [-0.05, 0) is 0 Å². The number of rotatable bonds is 3. The Balaban J connectivity index is 0.000000360. The summed E-state index contributed by atoms with van der Waals surface area (Å²) in [5.41, 5.74) is 1.34. The molecule has 100 valence electrons. The van der Waals surface area contributed by atoms with Crippen molar-refractivity contribution >= 4 is 23.3 Å². The third kappa shape index (κ3) is 6.25. The molecular formula is C13H18ClNO3. The van der Waals surface area contributed by atoms with Gasteiger partial charge in [-0.1, -0.05) is 49.3 Å². The van der Waals surface area contributed by atoms with Crippen LogP contribution in [-0.2, 0) is 9.53 Å². The van der Waals surface area contributed by atoms with Crippen LogP contribution in [0.15, 0.2) is 35.5 Å². The number of hydrogen-bond acceptors (Lipinski definition) is 4. The van der Waals surface area contributed by atoms with Gasteiger partial charge >= 0.3 is 5.97 Å². The van der Waals surface area contributed by atoms with Crippen LogP contribution in [0.25, 0.3) is 0 Å². The van der Waals surface area contributed by atoms with E-state index in [4.69, 9.17) is 16.8 Å². The van der Waals surface area contributed by atoms with E-state index in [0.29, 0.717) is 5.71 Å². The van der Waals surface area contributed by atoms with Crippen LogP contribution in [0.1, 0.15) is 19.4 Å². The number of oxime groups is 1. The van der Waals surface area contributed by atoms with Gasteiger partial charge in [0.2, 0.25) is 0 Å². The molecule has 18 heavy (non-hydrogen) atoms. The van der Waals surface area contributed by atoms with Gasteiger partial charge in [-0.25, -0.2) is 0 Å². The minimum Gasteiger partial charge on any atom is -0.469 e. The molecule has 0 atom stereocenters. The molecule has 0 saturated carbocycles. The van der Waals surface area contributed by atoms with E-state index in [9.17, 15) is 4.79 Å². The van der Waals surface area contributed by atoms with E-state index in [1.165, 1.54) is 7.11 Å².